The average molecular weight is 332 g/mol. The van der Waals surface area contributed by atoms with Crippen molar-refractivity contribution in [3.05, 3.63) is 52.5 Å². The number of hydrogen-bond donors (Lipinski definition) is 1. The molecule has 6 heteroatoms. The third-order valence-corrected chi connectivity index (χ3v) is 4.78. The van der Waals surface area contributed by atoms with Gasteiger partial charge in [-0.25, -0.2) is 4.72 Å². The van der Waals surface area contributed by atoms with Gasteiger partial charge in [0.2, 0.25) is 0 Å². The molecule has 2 aromatic carbocycles. The number of thioether (sulfide) groups is 1. The van der Waals surface area contributed by atoms with Crippen molar-refractivity contribution in [1.82, 2.24) is 0 Å². The molecule has 0 spiro atoms. The van der Waals surface area contributed by atoms with E-state index in [1.807, 2.05) is 18.4 Å². The molecule has 0 heterocycles. The van der Waals surface area contributed by atoms with Crippen LogP contribution in [0.25, 0.3) is 0 Å². The number of benzene rings is 2. The lowest BCUT2D eigenvalue weighted by molar-refractivity contribution is 0.600. The Labute approximate surface area is 129 Å². The van der Waals surface area contributed by atoms with Crippen LogP contribution in [0.3, 0.4) is 0 Å². The minimum Gasteiger partial charge on any atom is -0.588 e. The standard InChI is InChI=1S/C13H11Cl2NOS2/c1-18-13-7-4-10(15)8-12(13)16-19(17)11-5-2-9(14)3-6-11/h2-8,16H,1H3. The maximum absolute atomic E-state index is 12.2. The van der Waals surface area contributed by atoms with E-state index in [0.29, 0.717) is 14.9 Å². The van der Waals surface area contributed by atoms with Gasteiger partial charge < -0.3 is 4.55 Å². The molecule has 0 saturated heterocycles. The van der Waals surface area contributed by atoms with Crippen molar-refractivity contribution in [2.75, 3.05) is 11.0 Å². The first-order valence-corrected chi connectivity index (χ1v) is 8.51. The predicted molar refractivity (Wildman–Crippen MR) is 84.7 cm³/mol. The van der Waals surface area contributed by atoms with Crippen LogP contribution in [-0.4, -0.2) is 10.8 Å². The van der Waals surface area contributed by atoms with E-state index in [9.17, 15) is 4.55 Å². The van der Waals surface area contributed by atoms with Gasteiger partial charge in [-0.05, 0) is 48.7 Å². The number of rotatable bonds is 4. The first-order valence-electron chi connectivity index (χ1n) is 5.37. The molecule has 2 aromatic rings. The minimum atomic E-state index is -1.34. The van der Waals surface area contributed by atoms with Gasteiger partial charge in [0.05, 0.1) is 5.69 Å². The largest absolute Gasteiger partial charge is 0.588 e. The summed E-state index contributed by atoms with van der Waals surface area (Å²) in [4.78, 5) is 1.66. The predicted octanol–water partition coefficient (Wildman–Crippen LogP) is 4.85. The van der Waals surface area contributed by atoms with Crippen LogP contribution in [0.2, 0.25) is 10.0 Å². The van der Waals surface area contributed by atoms with E-state index in [4.69, 9.17) is 23.2 Å². The number of hydrogen-bond acceptors (Lipinski definition) is 3. The molecule has 1 atom stereocenters. The summed E-state index contributed by atoms with van der Waals surface area (Å²) in [7, 11) is 0. The Morgan fingerprint density at radius 1 is 1.05 bits per heavy atom. The lowest BCUT2D eigenvalue weighted by Crippen LogP contribution is -2.13. The number of nitrogens with one attached hydrogen (secondary N) is 1. The fourth-order valence-corrected chi connectivity index (χ4v) is 3.24. The summed E-state index contributed by atoms with van der Waals surface area (Å²) in [5.74, 6) is 0. The first kappa shape index (κ1) is 14.9. The number of anilines is 1. The molecule has 2 nitrogen and oxygen atoms in total. The Bertz CT molecular complexity index is 563. The Morgan fingerprint density at radius 2 is 1.68 bits per heavy atom. The van der Waals surface area contributed by atoms with Gasteiger partial charge in [-0.1, -0.05) is 23.2 Å². The Hall–Kier alpha value is -0.520. The molecular weight excluding hydrogens is 321 g/mol. The SMILES string of the molecule is CSc1ccc(Cl)cc1N[S+]([O-])c1ccc(Cl)cc1. The normalized spacial score (nSPS) is 12.2. The van der Waals surface area contributed by atoms with Gasteiger partial charge in [-0.2, -0.15) is 0 Å². The van der Waals surface area contributed by atoms with Crippen molar-refractivity contribution in [3.8, 4) is 0 Å². The van der Waals surface area contributed by atoms with E-state index < -0.39 is 11.4 Å². The molecule has 0 radical (unpaired) electrons. The lowest BCUT2D eigenvalue weighted by atomic mass is 10.3. The van der Waals surface area contributed by atoms with Crippen LogP contribution >= 0.6 is 35.0 Å². The maximum Gasteiger partial charge on any atom is 0.180 e. The summed E-state index contributed by atoms with van der Waals surface area (Å²) in [6.45, 7) is 0. The van der Waals surface area contributed by atoms with E-state index in [1.165, 1.54) is 0 Å². The van der Waals surface area contributed by atoms with E-state index in [1.54, 1.807) is 42.1 Å². The summed E-state index contributed by atoms with van der Waals surface area (Å²) < 4.78 is 15.2. The molecule has 0 amide bonds. The molecule has 1 unspecified atom stereocenters. The molecule has 0 saturated carbocycles. The molecule has 19 heavy (non-hydrogen) atoms. The highest BCUT2D eigenvalue weighted by Gasteiger charge is 2.14. The molecule has 0 aromatic heterocycles. The highest BCUT2D eigenvalue weighted by atomic mass is 35.5. The summed E-state index contributed by atoms with van der Waals surface area (Å²) in [5, 5.41) is 1.22. The van der Waals surface area contributed by atoms with Crippen LogP contribution in [0.4, 0.5) is 5.69 Å². The molecule has 0 aliphatic heterocycles. The highest BCUT2D eigenvalue weighted by Crippen LogP contribution is 2.30. The Morgan fingerprint density at radius 3 is 2.32 bits per heavy atom. The second kappa shape index (κ2) is 6.77. The molecule has 0 fully saturated rings. The number of halogens is 2. The molecule has 1 N–H and O–H groups in total. The summed E-state index contributed by atoms with van der Waals surface area (Å²) in [6, 6.07) is 12.4. The Balaban J connectivity index is 2.20. The minimum absolute atomic E-state index is 0.605. The van der Waals surface area contributed by atoms with Gasteiger partial charge >= 0.3 is 0 Å². The molecule has 0 bridgehead atoms. The third kappa shape index (κ3) is 3.97. The van der Waals surface area contributed by atoms with Crippen LogP contribution in [0.5, 0.6) is 0 Å². The molecule has 0 aliphatic carbocycles. The van der Waals surface area contributed by atoms with Crippen molar-refractivity contribution < 1.29 is 4.55 Å². The van der Waals surface area contributed by atoms with Crippen molar-refractivity contribution in [1.29, 1.82) is 0 Å². The van der Waals surface area contributed by atoms with Gasteiger partial charge in [0, 0.05) is 14.9 Å². The van der Waals surface area contributed by atoms with Crippen molar-refractivity contribution in [2.45, 2.75) is 9.79 Å². The average Bonchev–Trinajstić information content (AvgIpc) is 2.39. The molecule has 2 rings (SSSR count). The van der Waals surface area contributed by atoms with E-state index >= 15 is 0 Å². The highest BCUT2D eigenvalue weighted by molar-refractivity contribution is 7.99. The van der Waals surface area contributed by atoms with Gasteiger partial charge in [0.25, 0.3) is 0 Å². The maximum atomic E-state index is 12.2. The third-order valence-electron chi connectivity index (χ3n) is 2.39. The molecular formula is C13H11Cl2NOS2. The van der Waals surface area contributed by atoms with Crippen molar-refractivity contribution >= 4 is 52.0 Å². The fourth-order valence-electron chi connectivity index (χ4n) is 1.48. The van der Waals surface area contributed by atoms with E-state index in [2.05, 4.69) is 4.72 Å². The second-order valence-corrected chi connectivity index (χ2v) is 6.60. The van der Waals surface area contributed by atoms with Gasteiger partial charge in [-0.3, -0.25) is 0 Å². The summed E-state index contributed by atoms with van der Waals surface area (Å²) in [5.41, 5.74) is 0.758. The van der Waals surface area contributed by atoms with E-state index in [-0.39, 0.29) is 0 Å². The van der Waals surface area contributed by atoms with Crippen LogP contribution in [0.1, 0.15) is 0 Å². The van der Waals surface area contributed by atoms with Crippen LogP contribution in [0, 0.1) is 0 Å². The quantitative estimate of drug-likeness (QED) is 0.642. The zero-order valence-corrected chi connectivity index (χ0v) is 13.2. The smallest absolute Gasteiger partial charge is 0.180 e. The first-order chi connectivity index (χ1) is 9.10. The van der Waals surface area contributed by atoms with Crippen LogP contribution in [0.15, 0.2) is 52.3 Å². The molecule has 100 valence electrons. The summed E-state index contributed by atoms with van der Waals surface area (Å²) >= 11 is 12.0. The monoisotopic (exact) mass is 331 g/mol. The van der Waals surface area contributed by atoms with Crippen LogP contribution < -0.4 is 4.72 Å². The van der Waals surface area contributed by atoms with Crippen molar-refractivity contribution in [2.24, 2.45) is 0 Å². The topological polar surface area (TPSA) is 35.1 Å². The zero-order chi connectivity index (χ0) is 13.8. The fraction of sp³-hybridized carbons (Fsp3) is 0.0769. The van der Waals surface area contributed by atoms with Gasteiger partial charge in [0.1, 0.15) is 11.4 Å². The van der Waals surface area contributed by atoms with E-state index in [0.717, 1.165) is 10.6 Å². The summed E-state index contributed by atoms with van der Waals surface area (Å²) in [6.07, 6.45) is 1.96. The Kier molecular flexibility index (Phi) is 5.30. The lowest BCUT2D eigenvalue weighted by Gasteiger charge is -2.14. The van der Waals surface area contributed by atoms with Gasteiger partial charge in [0.15, 0.2) is 4.90 Å². The second-order valence-electron chi connectivity index (χ2n) is 3.67. The van der Waals surface area contributed by atoms with Gasteiger partial charge in [-0.15, -0.1) is 11.8 Å². The van der Waals surface area contributed by atoms with Crippen molar-refractivity contribution in [3.63, 3.8) is 0 Å². The zero-order valence-electron chi connectivity index (χ0n) is 10.0. The van der Waals surface area contributed by atoms with Crippen LogP contribution in [-0.2, 0) is 11.4 Å². The molecule has 0 aliphatic rings.